The van der Waals surface area contributed by atoms with E-state index < -0.39 is 0 Å². The lowest BCUT2D eigenvalue weighted by Gasteiger charge is -2.36. The fourth-order valence-electron chi connectivity index (χ4n) is 2.76. The Balaban J connectivity index is 1.60. The van der Waals surface area contributed by atoms with Crippen molar-refractivity contribution in [3.8, 4) is 6.07 Å². The molecule has 25 heavy (non-hydrogen) atoms. The van der Waals surface area contributed by atoms with E-state index in [0.717, 1.165) is 5.69 Å². The molecule has 0 radical (unpaired) electrons. The highest BCUT2D eigenvalue weighted by Crippen LogP contribution is 2.26. The molecule has 5 nitrogen and oxygen atoms in total. The van der Waals surface area contributed by atoms with Crippen molar-refractivity contribution in [3.05, 3.63) is 58.1 Å². The van der Waals surface area contributed by atoms with Crippen molar-refractivity contribution < 1.29 is 4.79 Å². The number of hydrogen-bond acceptors (Lipinski definition) is 3. The maximum Gasteiger partial charge on any atom is 0.321 e. The summed E-state index contributed by atoms with van der Waals surface area (Å²) in [4.78, 5) is 16.3. The quantitative estimate of drug-likeness (QED) is 0.855. The number of nitriles is 1. The van der Waals surface area contributed by atoms with Crippen LogP contribution in [-0.4, -0.2) is 37.1 Å². The molecule has 0 bridgehead atoms. The molecule has 0 aliphatic carbocycles. The minimum atomic E-state index is -0.168. The molecule has 1 N–H and O–H groups in total. The Hall–Kier alpha value is -2.42. The zero-order valence-electron chi connectivity index (χ0n) is 13.4. The van der Waals surface area contributed by atoms with Gasteiger partial charge >= 0.3 is 6.03 Å². The number of amides is 2. The molecule has 1 heterocycles. The molecular formula is C18H16Cl2N4O. The van der Waals surface area contributed by atoms with Gasteiger partial charge in [0.15, 0.2) is 0 Å². The van der Waals surface area contributed by atoms with Crippen molar-refractivity contribution in [2.24, 2.45) is 0 Å². The van der Waals surface area contributed by atoms with Crippen LogP contribution in [0, 0.1) is 11.3 Å². The number of halogens is 2. The molecule has 3 rings (SSSR count). The SMILES string of the molecule is N#Cc1cccc(NC(=O)N2CCN(c3cc(Cl)cc(Cl)c3)CC2)c1. The van der Waals surface area contributed by atoms with Crippen LogP contribution in [0.5, 0.6) is 0 Å². The molecular weight excluding hydrogens is 359 g/mol. The Morgan fingerprint density at radius 2 is 1.72 bits per heavy atom. The molecule has 1 fully saturated rings. The lowest BCUT2D eigenvalue weighted by atomic mass is 10.2. The summed E-state index contributed by atoms with van der Waals surface area (Å²) in [5, 5.41) is 13.0. The number of hydrogen-bond donors (Lipinski definition) is 1. The maximum atomic E-state index is 12.4. The molecule has 0 aromatic heterocycles. The summed E-state index contributed by atoms with van der Waals surface area (Å²) in [6.45, 7) is 2.58. The monoisotopic (exact) mass is 374 g/mol. The first-order chi connectivity index (χ1) is 12.0. The highest BCUT2D eigenvalue weighted by molar-refractivity contribution is 6.35. The topological polar surface area (TPSA) is 59.4 Å². The first-order valence-electron chi connectivity index (χ1n) is 7.82. The average molecular weight is 375 g/mol. The predicted molar refractivity (Wildman–Crippen MR) is 100 cm³/mol. The van der Waals surface area contributed by atoms with Gasteiger partial charge in [0.25, 0.3) is 0 Å². The Morgan fingerprint density at radius 3 is 2.36 bits per heavy atom. The third-order valence-electron chi connectivity index (χ3n) is 4.02. The molecule has 0 unspecified atom stereocenters. The van der Waals surface area contributed by atoms with E-state index in [2.05, 4.69) is 16.3 Å². The number of piperazine rings is 1. The largest absolute Gasteiger partial charge is 0.368 e. The van der Waals surface area contributed by atoms with Crippen LogP contribution in [0.3, 0.4) is 0 Å². The van der Waals surface area contributed by atoms with Crippen LogP contribution in [0.1, 0.15) is 5.56 Å². The van der Waals surface area contributed by atoms with Gasteiger partial charge in [0.2, 0.25) is 0 Å². The zero-order valence-corrected chi connectivity index (χ0v) is 14.9. The number of anilines is 2. The van der Waals surface area contributed by atoms with E-state index in [1.165, 1.54) is 0 Å². The molecule has 2 aromatic rings. The minimum absolute atomic E-state index is 0.168. The standard InChI is InChI=1S/C18H16Cl2N4O/c19-14-9-15(20)11-17(10-14)23-4-6-24(7-5-23)18(25)22-16-3-1-2-13(8-16)12-21/h1-3,8-11H,4-7H2,(H,22,25). The summed E-state index contributed by atoms with van der Waals surface area (Å²) in [6.07, 6.45) is 0. The van der Waals surface area contributed by atoms with E-state index in [-0.39, 0.29) is 6.03 Å². The number of benzene rings is 2. The number of carbonyl (C=O) groups excluding carboxylic acids is 1. The average Bonchev–Trinajstić information content (AvgIpc) is 2.61. The summed E-state index contributed by atoms with van der Waals surface area (Å²) < 4.78 is 0. The van der Waals surface area contributed by atoms with Crippen LogP contribution in [0.4, 0.5) is 16.2 Å². The van der Waals surface area contributed by atoms with Crippen molar-refractivity contribution >= 4 is 40.6 Å². The van der Waals surface area contributed by atoms with Crippen LogP contribution in [0.2, 0.25) is 10.0 Å². The van der Waals surface area contributed by atoms with Gasteiger partial charge in [0, 0.05) is 47.6 Å². The molecule has 2 aromatic carbocycles. The summed E-state index contributed by atoms with van der Waals surface area (Å²) >= 11 is 12.1. The van der Waals surface area contributed by atoms with E-state index in [1.807, 2.05) is 12.1 Å². The van der Waals surface area contributed by atoms with E-state index >= 15 is 0 Å². The second kappa shape index (κ2) is 7.64. The van der Waals surface area contributed by atoms with E-state index in [0.29, 0.717) is 47.5 Å². The highest BCUT2D eigenvalue weighted by Gasteiger charge is 2.21. The highest BCUT2D eigenvalue weighted by atomic mass is 35.5. The van der Waals surface area contributed by atoms with Crippen LogP contribution in [-0.2, 0) is 0 Å². The summed E-state index contributed by atoms with van der Waals surface area (Å²) in [5.74, 6) is 0. The molecule has 0 spiro atoms. The number of urea groups is 1. The number of carbonyl (C=O) groups is 1. The molecule has 1 aliphatic rings. The Bertz CT molecular complexity index is 806. The van der Waals surface area contributed by atoms with Gasteiger partial charge in [-0.2, -0.15) is 5.26 Å². The van der Waals surface area contributed by atoms with Crippen LogP contribution < -0.4 is 10.2 Å². The molecule has 7 heteroatoms. The van der Waals surface area contributed by atoms with Crippen LogP contribution in [0.15, 0.2) is 42.5 Å². The van der Waals surface area contributed by atoms with Crippen molar-refractivity contribution in [1.29, 1.82) is 5.26 Å². The van der Waals surface area contributed by atoms with Gasteiger partial charge in [-0.05, 0) is 36.4 Å². The minimum Gasteiger partial charge on any atom is -0.368 e. The first kappa shape index (κ1) is 17.4. The fraction of sp³-hybridized carbons (Fsp3) is 0.222. The molecule has 2 amide bonds. The summed E-state index contributed by atoms with van der Waals surface area (Å²) in [7, 11) is 0. The molecule has 0 atom stereocenters. The second-order valence-electron chi connectivity index (χ2n) is 5.72. The van der Waals surface area contributed by atoms with Gasteiger partial charge in [0.1, 0.15) is 0 Å². The van der Waals surface area contributed by atoms with Crippen molar-refractivity contribution in [1.82, 2.24) is 4.90 Å². The van der Waals surface area contributed by atoms with Gasteiger partial charge in [-0.25, -0.2) is 4.79 Å². The van der Waals surface area contributed by atoms with Crippen molar-refractivity contribution in [2.75, 3.05) is 36.4 Å². The van der Waals surface area contributed by atoms with E-state index in [9.17, 15) is 4.79 Å². The molecule has 128 valence electrons. The van der Waals surface area contributed by atoms with Crippen molar-refractivity contribution in [2.45, 2.75) is 0 Å². The maximum absolute atomic E-state index is 12.4. The van der Waals surface area contributed by atoms with Gasteiger partial charge in [0.05, 0.1) is 11.6 Å². The Morgan fingerprint density at radius 1 is 1.04 bits per heavy atom. The van der Waals surface area contributed by atoms with Crippen molar-refractivity contribution in [3.63, 3.8) is 0 Å². The van der Waals surface area contributed by atoms with E-state index in [4.69, 9.17) is 28.5 Å². The predicted octanol–water partition coefficient (Wildman–Crippen LogP) is 4.22. The lowest BCUT2D eigenvalue weighted by Crippen LogP contribution is -2.50. The fourth-order valence-corrected chi connectivity index (χ4v) is 3.27. The number of nitrogens with zero attached hydrogens (tertiary/aromatic N) is 3. The van der Waals surface area contributed by atoms with Gasteiger partial charge in [-0.3, -0.25) is 0 Å². The summed E-state index contributed by atoms with van der Waals surface area (Å²) in [5.41, 5.74) is 2.09. The Kier molecular flexibility index (Phi) is 5.32. The molecule has 1 aliphatic heterocycles. The number of rotatable bonds is 2. The third-order valence-corrected chi connectivity index (χ3v) is 4.46. The van der Waals surface area contributed by atoms with E-state index in [1.54, 1.807) is 35.2 Å². The van der Waals surface area contributed by atoms with Gasteiger partial charge in [-0.15, -0.1) is 0 Å². The second-order valence-corrected chi connectivity index (χ2v) is 6.60. The molecule has 0 saturated carbocycles. The Labute approximate surface area is 156 Å². The van der Waals surface area contributed by atoms with Gasteiger partial charge in [-0.1, -0.05) is 29.3 Å². The smallest absolute Gasteiger partial charge is 0.321 e. The number of nitrogens with one attached hydrogen (secondary N) is 1. The third kappa shape index (κ3) is 4.36. The normalized spacial score (nSPS) is 14.1. The van der Waals surface area contributed by atoms with Crippen LogP contribution >= 0.6 is 23.2 Å². The lowest BCUT2D eigenvalue weighted by molar-refractivity contribution is 0.208. The first-order valence-corrected chi connectivity index (χ1v) is 8.58. The summed E-state index contributed by atoms with van der Waals surface area (Å²) in [6, 6.07) is 14.2. The zero-order chi connectivity index (χ0) is 17.8. The van der Waals surface area contributed by atoms with Gasteiger partial charge < -0.3 is 15.1 Å². The van der Waals surface area contributed by atoms with Crippen LogP contribution in [0.25, 0.3) is 0 Å². The molecule has 1 saturated heterocycles.